The Morgan fingerprint density at radius 1 is 1.00 bits per heavy atom. The van der Waals surface area contributed by atoms with Crippen molar-refractivity contribution in [3.8, 4) is 0 Å². The Kier molecular flexibility index (Phi) is 3.29. The Bertz CT molecular complexity index is 349. The zero-order valence-electron chi connectivity index (χ0n) is 12.6. The Labute approximate surface area is 122 Å². The summed E-state index contributed by atoms with van der Waals surface area (Å²) in [5.41, 5.74) is 0.408. The van der Waals surface area contributed by atoms with E-state index in [0.29, 0.717) is 11.3 Å². The molecule has 0 aromatic carbocycles. The lowest BCUT2D eigenvalue weighted by Crippen LogP contribution is -2.48. The molecule has 0 atom stereocenters. The molecular formula is C17H28N2O. The molecule has 0 radical (unpaired) electrons. The van der Waals surface area contributed by atoms with Crippen molar-refractivity contribution >= 4 is 5.91 Å². The number of amides is 1. The largest absolute Gasteiger partial charge is 0.341 e. The number of carbonyl (C=O) groups excluding carboxylic acids is 1. The van der Waals surface area contributed by atoms with E-state index in [4.69, 9.17) is 0 Å². The maximum absolute atomic E-state index is 12.7. The van der Waals surface area contributed by atoms with E-state index >= 15 is 0 Å². The van der Waals surface area contributed by atoms with Crippen LogP contribution < -0.4 is 5.32 Å². The van der Waals surface area contributed by atoms with E-state index < -0.39 is 0 Å². The zero-order valence-corrected chi connectivity index (χ0v) is 12.6. The van der Waals surface area contributed by atoms with E-state index in [9.17, 15) is 4.79 Å². The van der Waals surface area contributed by atoms with Crippen LogP contribution in [0.25, 0.3) is 0 Å². The lowest BCUT2D eigenvalue weighted by atomic mass is 9.49. The van der Waals surface area contributed by atoms with Crippen molar-refractivity contribution in [1.82, 2.24) is 10.2 Å². The second-order valence-electron chi connectivity index (χ2n) is 8.08. The van der Waals surface area contributed by atoms with Crippen LogP contribution in [0.3, 0.4) is 0 Å². The molecule has 1 aliphatic heterocycles. The predicted octanol–water partition coefficient (Wildman–Crippen LogP) is 2.41. The molecule has 20 heavy (non-hydrogen) atoms. The maximum atomic E-state index is 12.7. The van der Waals surface area contributed by atoms with Crippen molar-refractivity contribution < 1.29 is 4.79 Å². The van der Waals surface area contributed by atoms with Gasteiger partial charge in [-0.3, -0.25) is 4.79 Å². The first-order valence-corrected chi connectivity index (χ1v) is 8.71. The molecule has 1 saturated heterocycles. The zero-order chi connectivity index (χ0) is 13.6. The van der Waals surface area contributed by atoms with E-state index in [1.165, 1.54) is 38.5 Å². The van der Waals surface area contributed by atoms with Crippen LogP contribution in [0.15, 0.2) is 0 Å². The molecule has 0 unspecified atom stereocenters. The minimum atomic E-state index is 0.408. The molecule has 4 aliphatic carbocycles. The van der Waals surface area contributed by atoms with E-state index in [1.54, 1.807) is 0 Å². The van der Waals surface area contributed by atoms with Crippen molar-refractivity contribution in [2.75, 3.05) is 26.2 Å². The van der Waals surface area contributed by atoms with Gasteiger partial charge in [0.1, 0.15) is 0 Å². The average molecular weight is 276 g/mol. The fourth-order valence-corrected chi connectivity index (χ4v) is 6.03. The highest BCUT2D eigenvalue weighted by atomic mass is 16.2. The molecule has 4 saturated carbocycles. The Hall–Kier alpha value is -0.570. The molecule has 0 spiro atoms. The number of hydrogen-bond acceptors (Lipinski definition) is 2. The van der Waals surface area contributed by atoms with E-state index in [0.717, 1.165) is 56.8 Å². The smallest absolute Gasteiger partial charge is 0.223 e. The van der Waals surface area contributed by atoms with Gasteiger partial charge in [-0.15, -0.1) is 0 Å². The molecule has 1 N–H and O–H groups in total. The van der Waals surface area contributed by atoms with Gasteiger partial charge in [0.2, 0.25) is 5.91 Å². The minimum absolute atomic E-state index is 0.408. The summed E-state index contributed by atoms with van der Waals surface area (Å²) < 4.78 is 0. The number of carbonyl (C=O) groups is 1. The van der Waals surface area contributed by atoms with Gasteiger partial charge in [0.15, 0.2) is 0 Å². The molecule has 4 bridgehead atoms. The van der Waals surface area contributed by atoms with Gasteiger partial charge in [-0.2, -0.15) is 0 Å². The SMILES string of the molecule is O=C(CC12CC3CC(CC(C3)C1)C2)N1CCCNCC1. The second-order valence-corrected chi connectivity index (χ2v) is 8.08. The lowest BCUT2D eigenvalue weighted by Gasteiger charge is -2.57. The second kappa shape index (κ2) is 5.01. The molecule has 5 fully saturated rings. The molecule has 0 aromatic rings. The summed E-state index contributed by atoms with van der Waals surface area (Å²) in [5, 5.41) is 3.40. The number of nitrogens with zero attached hydrogens (tertiary/aromatic N) is 1. The third-order valence-electron chi connectivity index (χ3n) is 6.38. The van der Waals surface area contributed by atoms with Crippen LogP contribution >= 0.6 is 0 Å². The molecule has 1 heterocycles. The van der Waals surface area contributed by atoms with Gasteiger partial charge in [0.05, 0.1) is 0 Å². The summed E-state index contributed by atoms with van der Waals surface area (Å²) in [6.45, 7) is 3.94. The van der Waals surface area contributed by atoms with Gasteiger partial charge >= 0.3 is 0 Å². The first-order chi connectivity index (χ1) is 9.72. The van der Waals surface area contributed by atoms with Crippen molar-refractivity contribution in [3.63, 3.8) is 0 Å². The summed E-state index contributed by atoms with van der Waals surface area (Å²) in [7, 11) is 0. The fraction of sp³-hybridized carbons (Fsp3) is 0.941. The molecule has 0 aromatic heterocycles. The maximum Gasteiger partial charge on any atom is 0.223 e. The molecule has 112 valence electrons. The van der Waals surface area contributed by atoms with Gasteiger partial charge in [0, 0.05) is 26.1 Å². The van der Waals surface area contributed by atoms with Crippen LogP contribution in [0.4, 0.5) is 0 Å². The van der Waals surface area contributed by atoms with Crippen LogP contribution in [0.1, 0.15) is 51.4 Å². The fourth-order valence-electron chi connectivity index (χ4n) is 6.03. The molecule has 5 rings (SSSR count). The standard InChI is InChI=1S/C17H28N2O/c20-16(19-4-1-2-18-3-5-19)12-17-9-13-6-14(10-17)8-15(7-13)11-17/h13-15,18H,1-12H2. The average Bonchev–Trinajstić information content (AvgIpc) is 2.65. The minimum Gasteiger partial charge on any atom is -0.341 e. The highest BCUT2D eigenvalue weighted by Gasteiger charge is 2.51. The van der Waals surface area contributed by atoms with Crippen molar-refractivity contribution in [3.05, 3.63) is 0 Å². The van der Waals surface area contributed by atoms with Gasteiger partial charge in [-0.05, 0) is 74.7 Å². The van der Waals surface area contributed by atoms with Crippen LogP contribution in [-0.4, -0.2) is 37.0 Å². The van der Waals surface area contributed by atoms with Crippen LogP contribution in [-0.2, 0) is 4.79 Å². The van der Waals surface area contributed by atoms with Crippen LogP contribution in [0.2, 0.25) is 0 Å². The van der Waals surface area contributed by atoms with Crippen molar-refractivity contribution in [2.24, 2.45) is 23.2 Å². The quantitative estimate of drug-likeness (QED) is 0.840. The van der Waals surface area contributed by atoms with Crippen LogP contribution in [0.5, 0.6) is 0 Å². The van der Waals surface area contributed by atoms with Crippen molar-refractivity contribution in [1.29, 1.82) is 0 Å². The third kappa shape index (κ3) is 2.38. The summed E-state index contributed by atoms with van der Waals surface area (Å²) in [6, 6.07) is 0. The predicted molar refractivity (Wildman–Crippen MR) is 79.3 cm³/mol. The molecular weight excluding hydrogens is 248 g/mol. The van der Waals surface area contributed by atoms with E-state index in [1.807, 2.05) is 0 Å². The third-order valence-corrected chi connectivity index (χ3v) is 6.38. The topological polar surface area (TPSA) is 32.3 Å². The Balaban J connectivity index is 1.44. The molecule has 3 nitrogen and oxygen atoms in total. The number of hydrogen-bond donors (Lipinski definition) is 1. The van der Waals surface area contributed by atoms with Crippen LogP contribution in [0, 0.1) is 23.2 Å². The molecule has 3 heteroatoms. The normalized spacial score (nSPS) is 43.6. The summed E-state index contributed by atoms with van der Waals surface area (Å²) in [4.78, 5) is 14.9. The monoisotopic (exact) mass is 276 g/mol. The molecule has 5 aliphatic rings. The number of rotatable bonds is 2. The summed E-state index contributed by atoms with van der Waals surface area (Å²) >= 11 is 0. The summed E-state index contributed by atoms with van der Waals surface area (Å²) in [6.07, 6.45) is 10.5. The van der Waals surface area contributed by atoms with E-state index in [-0.39, 0.29) is 0 Å². The lowest BCUT2D eigenvalue weighted by molar-refractivity contribution is -0.139. The first-order valence-electron chi connectivity index (χ1n) is 8.71. The van der Waals surface area contributed by atoms with Gasteiger partial charge in [0.25, 0.3) is 0 Å². The van der Waals surface area contributed by atoms with E-state index in [2.05, 4.69) is 10.2 Å². The highest BCUT2D eigenvalue weighted by molar-refractivity contribution is 5.77. The van der Waals surface area contributed by atoms with Gasteiger partial charge < -0.3 is 10.2 Å². The van der Waals surface area contributed by atoms with Gasteiger partial charge in [-0.1, -0.05) is 0 Å². The van der Waals surface area contributed by atoms with Crippen molar-refractivity contribution in [2.45, 2.75) is 51.4 Å². The molecule has 1 amide bonds. The van der Waals surface area contributed by atoms with Gasteiger partial charge in [-0.25, -0.2) is 0 Å². The highest BCUT2D eigenvalue weighted by Crippen LogP contribution is 2.61. The summed E-state index contributed by atoms with van der Waals surface area (Å²) in [5.74, 6) is 3.33. The Morgan fingerprint density at radius 2 is 1.65 bits per heavy atom. The number of nitrogens with one attached hydrogen (secondary N) is 1. The Morgan fingerprint density at radius 3 is 2.30 bits per heavy atom. The first kappa shape index (κ1) is 13.1.